The molecule has 0 aromatic heterocycles. The molecule has 0 fully saturated rings. The van der Waals surface area contributed by atoms with Gasteiger partial charge in [-0.1, -0.05) is 88.7 Å². The third-order valence-corrected chi connectivity index (χ3v) is 2.93. The first kappa shape index (κ1) is 16.2. The van der Waals surface area contributed by atoms with Crippen LogP contribution in [0.5, 0.6) is 0 Å². The Kier molecular flexibility index (Phi) is 14.5. The minimum atomic E-state index is 1.18. The van der Waals surface area contributed by atoms with E-state index in [4.69, 9.17) is 6.58 Å². The highest BCUT2D eigenvalue weighted by atomic mass is 14.0. The first-order valence-electron chi connectivity index (χ1n) is 7.24. The monoisotopic (exact) mass is 232 g/mol. The maximum atomic E-state index is 6.81. The summed E-state index contributed by atoms with van der Waals surface area (Å²) < 4.78 is 0. The molecule has 0 aliphatic rings. The molecule has 0 aliphatic carbocycles. The van der Waals surface area contributed by atoms with E-state index in [9.17, 15) is 0 Å². The van der Waals surface area contributed by atoms with Crippen LogP contribution in [0.1, 0.15) is 71.1 Å². The van der Waals surface area contributed by atoms with Gasteiger partial charge in [0.15, 0.2) is 0 Å². The Balaban J connectivity index is 3.05. The molecule has 0 rings (SSSR count). The van der Waals surface area contributed by atoms with Crippen LogP contribution in [-0.4, -0.2) is 0 Å². The van der Waals surface area contributed by atoms with E-state index in [-0.39, 0.29) is 0 Å². The van der Waals surface area contributed by atoms with E-state index in [2.05, 4.69) is 13.0 Å². The third kappa shape index (κ3) is 15.2. The van der Waals surface area contributed by atoms with E-state index in [0.29, 0.717) is 0 Å². The summed E-state index contributed by atoms with van der Waals surface area (Å²) in [5, 5.41) is 0. The molecule has 0 heterocycles. The SMILES string of the molecule is [C]=CC=CC=CCCCCCCCCCCC. The van der Waals surface area contributed by atoms with Gasteiger partial charge in [-0.15, -0.1) is 0 Å². The Morgan fingerprint density at radius 3 is 1.88 bits per heavy atom. The second-order valence-corrected chi connectivity index (χ2v) is 4.60. The smallest absolute Gasteiger partial charge is 0.00990 e. The van der Waals surface area contributed by atoms with Crippen LogP contribution in [0, 0.1) is 6.58 Å². The normalized spacial score (nSPS) is 11.6. The molecule has 0 aromatic carbocycles. The molecule has 2 radical (unpaired) electrons. The van der Waals surface area contributed by atoms with Crippen molar-refractivity contribution in [3.63, 3.8) is 0 Å². The van der Waals surface area contributed by atoms with E-state index in [1.807, 2.05) is 12.2 Å². The van der Waals surface area contributed by atoms with Crippen molar-refractivity contribution in [2.24, 2.45) is 0 Å². The zero-order chi connectivity index (χ0) is 12.6. The Bertz CT molecular complexity index is 198. The molecular formula is C17H28. The summed E-state index contributed by atoms with van der Waals surface area (Å²) in [4.78, 5) is 0. The molecule has 0 heteroatoms. The van der Waals surface area contributed by atoms with Crippen molar-refractivity contribution in [2.75, 3.05) is 0 Å². The van der Waals surface area contributed by atoms with Crippen LogP contribution in [0.3, 0.4) is 0 Å². The highest BCUT2D eigenvalue weighted by molar-refractivity contribution is 5.07. The van der Waals surface area contributed by atoms with Crippen molar-refractivity contribution in [2.45, 2.75) is 71.1 Å². The van der Waals surface area contributed by atoms with Gasteiger partial charge in [0, 0.05) is 0 Å². The van der Waals surface area contributed by atoms with Crippen LogP contribution in [-0.2, 0) is 0 Å². The molecule has 0 nitrogen and oxygen atoms in total. The van der Waals surface area contributed by atoms with Gasteiger partial charge in [0.1, 0.15) is 0 Å². The van der Waals surface area contributed by atoms with Crippen LogP contribution in [0.15, 0.2) is 30.4 Å². The summed E-state index contributed by atoms with van der Waals surface area (Å²) in [7, 11) is 0. The quantitative estimate of drug-likeness (QED) is 0.291. The highest BCUT2D eigenvalue weighted by Gasteiger charge is 1.90. The Hall–Kier alpha value is -0.780. The number of hydrogen-bond donors (Lipinski definition) is 0. The van der Waals surface area contributed by atoms with Gasteiger partial charge in [0.25, 0.3) is 0 Å². The lowest BCUT2D eigenvalue weighted by molar-refractivity contribution is 0.566. The lowest BCUT2D eigenvalue weighted by Crippen LogP contribution is -1.80. The van der Waals surface area contributed by atoms with Crippen molar-refractivity contribution < 1.29 is 0 Å². The minimum absolute atomic E-state index is 1.18. The van der Waals surface area contributed by atoms with Crippen molar-refractivity contribution >= 4 is 0 Å². The molecule has 0 aliphatic heterocycles. The first-order valence-corrected chi connectivity index (χ1v) is 7.24. The van der Waals surface area contributed by atoms with E-state index >= 15 is 0 Å². The number of rotatable bonds is 12. The summed E-state index contributed by atoms with van der Waals surface area (Å²) in [6.07, 6.45) is 22.9. The molecule has 0 unspecified atom stereocenters. The van der Waals surface area contributed by atoms with Crippen molar-refractivity contribution in [1.29, 1.82) is 0 Å². The number of allylic oxidation sites excluding steroid dienone is 5. The van der Waals surface area contributed by atoms with Crippen LogP contribution < -0.4 is 0 Å². The number of unbranched alkanes of at least 4 members (excludes halogenated alkanes) is 9. The minimum Gasteiger partial charge on any atom is -0.0845 e. The van der Waals surface area contributed by atoms with Crippen molar-refractivity contribution in [1.82, 2.24) is 0 Å². The molecular weight excluding hydrogens is 204 g/mol. The van der Waals surface area contributed by atoms with Crippen LogP contribution in [0.4, 0.5) is 0 Å². The lowest BCUT2D eigenvalue weighted by atomic mass is 10.1. The predicted octanol–water partition coefficient (Wildman–Crippen LogP) is 5.89. The number of hydrogen-bond acceptors (Lipinski definition) is 0. The second kappa shape index (κ2) is 15.2. The topological polar surface area (TPSA) is 0 Å². The largest absolute Gasteiger partial charge is 0.0845 e. The lowest BCUT2D eigenvalue weighted by Gasteiger charge is -2.00. The average molecular weight is 232 g/mol. The van der Waals surface area contributed by atoms with Gasteiger partial charge in [-0.05, 0) is 19.4 Å². The van der Waals surface area contributed by atoms with E-state index in [0.717, 1.165) is 0 Å². The fourth-order valence-electron chi connectivity index (χ4n) is 1.87. The summed E-state index contributed by atoms with van der Waals surface area (Å²) in [5.41, 5.74) is 0. The van der Waals surface area contributed by atoms with Gasteiger partial charge in [-0.3, -0.25) is 0 Å². The van der Waals surface area contributed by atoms with E-state index in [1.54, 1.807) is 6.08 Å². The standard InChI is InChI=1S/C17H28/c1-3-5-7-9-11-13-15-17-16-14-12-10-8-6-4-2/h4,6,8,10,12H,3,5,7,9,11,13-17H2,1H3. The summed E-state index contributed by atoms with van der Waals surface area (Å²) in [6, 6.07) is 0. The Morgan fingerprint density at radius 1 is 0.706 bits per heavy atom. The molecule has 0 bridgehead atoms. The molecule has 0 spiro atoms. The summed E-state index contributed by atoms with van der Waals surface area (Å²) in [6.45, 7) is 9.08. The zero-order valence-electron chi connectivity index (χ0n) is 11.5. The molecule has 0 saturated carbocycles. The summed E-state index contributed by atoms with van der Waals surface area (Å²) in [5.74, 6) is 0. The average Bonchev–Trinajstić information content (AvgIpc) is 2.35. The molecule has 0 saturated heterocycles. The Morgan fingerprint density at radius 2 is 1.29 bits per heavy atom. The fraction of sp³-hybridized carbons (Fsp3) is 0.647. The third-order valence-electron chi connectivity index (χ3n) is 2.93. The second-order valence-electron chi connectivity index (χ2n) is 4.60. The molecule has 17 heavy (non-hydrogen) atoms. The maximum absolute atomic E-state index is 6.81. The van der Waals surface area contributed by atoms with Crippen LogP contribution >= 0.6 is 0 Å². The van der Waals surface area contributed by atoms with Gasteiger partial charge in [-0.2, -0.15) is 0 Å². The van der Waals surface area contributed by atoms with Gasteiger partial charge in [0.2, 0.25) is 0 Å². The molecule has 0 aromatic rings. The van der Waals surface area contributed by atoms with Crippen molar-refractivity contribution in [3.05, 3.63) is 37.0 Å². The molecule has 0 amide bonds. The van der Waals surface area contributed by atoms with Gasteiger partial charge in [-0.25, -0.2) is 0 Å². The van der Waals surface area contributed by atoms with Gasteiger partial charge in [0.05, 0.1) is 0 Å². The Labute approximate surface area is 109 Å². The van der Waals surface area contributed by atoms with E-state index in [1.165, 1.54) is 70.3 Å². The predicted molar refractivity (Wildman–Crippen MR) is 77.9 cm³/mol. The maximum Gasteiger partial charge on any atom is -0.00990 e. The van der Waals surface area contributed by atoms with Gasteiger partial charge >= 0.3 is 0 Å². The first-order chi connectivity index (χ1) is 8.41. The fourth-order valence-corrected chi connectivity index (χ4v) is 1.87. The summed E-state index contributed by atoms with van der Waals surface area (Å²) >= 11 is 0. The highest BCUT2D eigenvalue weighted by Crippen LogP contribution is 2.10. The van der Waals surface area contributed by atoms with Crippen LogP contribution in [0.25, 0.3) is 0 Å². The molecule has 0 N–H and O–H groups in total. The van der Waals surface area contributed by atoms with Crippen LogP contribution in [0.2, 0.25) is 0 Å². The van der Waals surface area contributed by atoms with E-state index < -0.39 is 0 Å². The van der Waals surface area contributed by atoms with Gasteiger partial charge < -0.3 is 0 Å². The van der Waals surface area contributed by atoms with Crippen molar-refractivity contribution in [3.8, 4) is 0 Å². The molecule has 96 valence electrons. The zero-order valence-corrected chi connectivity index (χ0v) is 11.5. The molecule has 0 atom stereocenters.